The predicted octanol–water partition coefficient (Wildman–Crippen LogP) is 2.29. The van der Waals surface area contributed by atoms with Crippen LogP contribution in [0.2, 0.25) is 0 Å². The Morgan fingerprint density at radius 3 is 2.73 bits per heavy atom. The molecule has 0 aliphatic heterocycles. The first kappa shape index (κ1) is 11.9. The van der Waals surface area contributed by atoms with Gasteiger partial charge in [0.25, 0.3) is 0 Å². The molecule has 0 radical (unpaired) electrons. The van der Waals surface area contributed by atoms with Crippen LogP contribution in [0.25, 0.3) is 0 Å². The van der Waals surface area contributed by atoms with Gasteiger partial charge in [0.1, 0.15) is 0 Å². The first-order valence-corrected chi connectivity index (χ1v) is 5.26. The molecule has 3 heteroatoms. The normalized spacial score (nSPS) is 12.5. The Morgan fingerprint density at radius 2 is 2.20 bits per heavy atom. The minimum absolute atomic E-state index is 0.195. The first-order valence-electron chi connectivity index (χ1n) is 5.26. The molecule has 0 aliphatic rings. The molecule has 0 saturated carbocycles. The Labute approximate surface area is 91.1 Å². The van der Waals surface area contributed by atoms with E-state index in [1.54, 1.807) is 19.2 Å². The summed E-state index contributed by atoms with van der Waals surface area (Å²) in [6, 6.07) is 5.96. The number of hydrogen-bond donors (Lipinski definition) is 2. The Hall–Kier alpha value is -1.22. The lowest BCUT2D eigenvalue weighted by Crippen LogP contribution is -2.24. The van der Waals surface area contributed by atoms with Crippen LogP contribution in [0.3, 0.4) is 0 Å². The lowest BCUT2D eigenvalue weighted by molar-refractivity contribution is 0.373. The standard InChI is InChI=1S/C12H19NO2/c1-4-9(2)13-8-10-5-6-12(15-3)11(14)7-10/h5-7,9,13-14H,4,8H2,1-3H3. The Kier molecular flexibility index (Phi) is 4.43. The maximum atomic E-state index is 9.56. The van der Waals surface area contributed by atoms with Crippen molar-refractivity contribution in [1.82, 2.24) is 5.32 Å². The quantitative estimate of drug-likeness (QED) is 0.781. The van der Waals surface area contributed by atoms with Crippen molar-refractivity contribution < 1.29 is 9.84 Å². The zero-order chi connectivity index (χ0) is 11.3. The summed E-state index contributed by atoms with van der Waals surface area (Å²) in [5, 5.41) is 12.9. The van der Waals surface area contributed by atoms with Crippen LogP contribution in [0.15, 0.2) is 18.2 Å². The maximum Gasteiger partial charge on any atom is 0.160 e. The van der Waals surface area contributed by atoms with Crippen LogP contribution < -0.4 is 10.1 Å². The fraction of sp³-hybridized carbons (Fsp3) is 0.500. The van der Waals surface area contributed by atoms with E-state index in [1.807, 2.05) is 6.07 Å². The van der Waals surface area contributed by atoms with Crippen molar-refractivity contribution in [1.29, 1.82) is 0 Å². The molecule has 1 aromatic carbocycles. The van der Waals surface area contributed by atoms with Gasteiger partial charge in [-0.1, -0.05) is 13.0 Å². The summed E-state index contributed by atoms with van der Waals surface area (Å²) in [6.07, 6.45) is 1.10. The van der Waals surface area contributed by atoms with Crippen LogP contribution in [0.5, 0.6) is 11.5 Å². The van der Waals surface area contributed by atoms with E-state index in [4.69, 9.17) is 4.74 Å². The van der Waals surface area contributed by atoms with Crippen LogP contribution in [0, 0.1) is 0 Å². The van der Waals surface area contributed by atoms with E-state index in [0.717, 1.165) is 18.5 Å². The summed E-state index contributed by atoms with van der Waals surface area (Å²) in [7, 11) is 1.55. The van der Waals surface area contributed by atoms with Crippen molar-refractivity contribution in [3.05, 3.63) is 23.8 Å². The van der Waals surface area contributed by atoms with Crippen molar-refractivity contribution in [2.24, 2.45) is 0 Å². The van der Waals surface area contributed by atoms with Crippen LogP contribution >= 0.6 is 0 Å². The lowest BCUT2D eigenvalue weighted by atomic mass is 10.2. The van der Waals surface area contributed by atoms with Gasteiger partial charge in [-0.05, 0) is 31.0 Å². The molecule has 0 aromatic heterocycles. The van der Waals surface area contributed by atoms with Crippen molar-refractivity contribution in [2.75, 3.05) is 7.11 Å². The van der Waals surface area contributed by atoms with Crippen molar-refractivity contribution in [3.8, 4) is 11.5 Å². The number of phenols is 1. The molecular weight excluding hydrogens is 190 g/mol. The van der Waals surface area contributed by atoms with Gasteiger partial charge < -0.3 is 15.2 Å². The average molecular weight is 209 g/mol. The van der Waals surface area contributed by atoms with Gasteiger partial charge in [0, 0.05) is 12.6 Å². The SMILES string of the molecule is CCC(C)NCc1ccc(OC)c(O)c1. The van der Waals surface area contributed by atoms with Gasteiger partial charge in [-0.2, -0.15) is 0 Å². The van der Waals surface area contributed by atoms with E-state index in [2.05, 4.69) is 19.2 Å². The van der Waals surface area contributed by atoms with Gasteiger partial charge in [0.15, 0.2) is 11.5 Å². The number of phenolic OH excluding ortho intramolecular Hbond substituents is 1. The van der Waals surface area contributed by atoms with Crippen molar-refractivity contribution in [2.45, 2.75) is 32.9 Å². The lowest BCUT2D eigenvalue weighted by Gasteiger charge is -2.12. The second kappa shape index (κ2) is 5.61. The number of rotatable bonds is 5. The largest absolute Gasteiger partial charge is 0.504 e. The highest BCUT2D eigenvalue weighted by molar-refractivity contribution is 5.41. The predicted molar refractivity (Wildman–Crippen MR) is 61.3 cm³/mol. The smallest absolute Gasteiger partial charge is 0.160 e. The third-order valence-electron chi connectivity index (χ3n) is 2.51. The molecule has 84 valence electrons. The second-order valence-electron chi connectivity index (χ2n) is 3.70. The third-order valence-corrected chi connectivity index (χ3v) is 2.51. The Morgan fingerprint density at radius 1 is 1.47 bits per heavy atom. The fourth-order valence-electron chi connectivity index (χ4n) is 1.28. The van der Waals surface area contributed by atoms with Crippen LogP contribution in [0.1, 0.15) is 25.8 Å². The topological polar surface area (TPSA) is 41.5 Å². The summed E-state index contributed by atoms with van der Waals surface area (Å²) in [4.78, 5) is 0. The van der Waals surface area contributed by atoms with Gasteiger partial charge in [0.2, 0.25) is 0 Å². The average Bonchev–Trinajstić information content (AvgIpc) is 2.26. The molecule has 0 amide bonds. The Balaban J connectivity index is 2.59. The summed E-state index contributed by atoms with van der Waals surface area (Å²) in [6.45, 7) is 5.05. The fourth-order valence-corrected chi connectivity index (χ4v) is 1.28. The first-order chi connectivity index (χ1) is 7.17. The van der Waals surface area contributed by atoms with E-state index in [0.29, 0.717) is 11.8 Å². The molecule has 1 unspecified atom stereocenters. The molecule has 0 saturated heterocycles. The van der Waals surface area contributed by atoms with E-state index in [9.17, 15) is 5.11 Å². The molecular formula is C12H19NO2. The minimum Gasteiger partial charge on any atom is -0.504 e. The summed E-state index contributed by atoms with van der Waals surface area (Å²) in [5.41, 5.74) is 1.06. The highest BCUT2D eigenvalue weighted by atomic mass is 16.5. The Bertz CT molecular complexity index is 312. The second-order valence-corrected chi connectivity index (χ2v) is 3.70. The molecule has 0 heterocycles. The minimum atomic E-state index is 0.195. The number of ether oxygens (including phenoxy) is 1. The van der Waals surface area contributed by atoms with Gasteiger partial charge in [-0.25, -0.2) is 0 Å². The molecule has 1 aromatic rings. The number of methoxy groups -OCH3 is 1. The summed E-state index contributed by atoms with van der Waals surface area (Å²) in [5.74, 6) is 0.711. The highest BCUT2D eigenvalue weighted by Crippen LogP contribution is 2.26. The van der Waals surface area contributed by atoms with Crippen molar-refractivity contribution in [3.63, 3.8) is 0 Å². The molecule has 3 nitrogen and oxygen atoms in total. The van der Waals surface area contributed by atoms with Gasteiger partial charge >= 0.3 is 0 Å². The van der Waals surface area contributed by atoms with E-state index in [-0.39, 0.29) is 5.75 Å². The van der Waals surface area contributed by atoms with Crippen molar-refractivity contribution >= 4 is 0 Å². The summed E-state index contributed by atoms with van der Waals surface area (Å²) >= 11 is 0. The molecule has 1 rings (SSSR count). The molecule has 0 spiro atoms. The molecule has 2 N–H and O–H groups in total. The summed E-state index contributed by atoms with van der Waals surface area (Å²) < 4.78 is 4.98. The van der Waals surface area contributed by atoms with Gasteiger partial charge in [-0.15, -0.1) is 0 Å². The number of aromatic hydroxyl groups is 1. The number of benzene rings is 1. The molecule has 1 atom stereocenters. The van der Waals surface area contributed by atoms with E-state index >= 15 is 0 Å². The third kappa shape index (κ3) is 3.44. The molecule has 0 bridgehead atoms. The van der Waals surface area contributed by atoms with Crippen LogP contribution in [-0.4, -0.2) is 18.3 Å². The van der Waals surface area contributed by atoms with E-state index < -0.39 is 0 Å². The zero-order valence-electron chi connectivity index (χ0n) is 9.58. The van der Waals surface area contributed by atoms with E-state index in [1.165, 1.54) is 0 Å². The van der Waals surface area contributed by atoms with Crippen LogP contribution in [-0.2, 0) is 6.54 Å². The highest BCUT2D eigenvalue weighted by Gasteiger charge is 2.03. The molecule has 0 aliphatic carbocycles. The van der Waals surface area contributed by atoms with Crippen LogP contribution in [0.4, 0.5) is 0 Å². The monoisotopic (exact) mass is 209 g/mol. The zero-order valence-corrected chi connectivity index (χ0v) is 9.58. The van der Waals surface area contributed by atoms with Gasteiger partial charge in [-0.3, -0.25) is 0 Å². The molecule has 0 fully saturated rings. The number of hydrogen-bond acceptors (Lipinski definition) is 3. The number of nitrogens with one attached hydrogen (secondary N) is 1. The van der Waals surface area contributed by atoms with Gasteiger partial charge in [0.05, 0.1) is 7.11 Å². The molecule has 15 heavy (non-hydrogen) atoms. The maximum absolute atomic E-state index is 9.56.